The van der Waals surface area contributed by atoms with Gasteiger partial charge in [0.05, 0.1) is 18.1 Å². The Morgan fingerprint density at radius 3 is 2.73 bits per heavy atom. The van der Waals surface area contributed by atoms with Crippen molar-refractivity contribution in [3.8, 4) is 6.07 Å². The first-order chi connectivity index (χ1) is 7.08. The van der Waals surface area contributed by atoms with Crippen LogP contribution in [-0.2, 0) is 17.1 Å². The zero-order chi connectivity index (χ0) is 11.4. The standard InChI is InChI=1S/C10H7BrClNO2/c11-9-2-6(5-13)1-7(3-10(14)15)8(9)4-12/h1-2H,3-4H2,(H,14,15). The maximum absolute atomic E-state index is 10.6. The van der Waals surface area contributed by atoms with Crippen LogP contribution >= 0.6 is 27.5 Å². The average Bonchev–Trinajstić information content (AvgIpc) is 2.16. The number of hydrogen-bond acceptors (Lipinski definition) is 2. The highest BCUT2D eigenvalue weighted by Gasteiger charge is 2.11. The quantitative estimate of drug-likeness (QED) is 0.870. The van der Waals surface area contributed by atoms with E-state index < -0.39 is 5.97 Å². The van der Waals surface area contributed by atoms with E-state index in [1.165, 1.54) is 0 Å². The smallest absolute Gasteiger partial charge is 0.307 e. The molecule has 0 radical (unpaired) electrons. The Kier molecular flexibility index (Phi) is 4.13. The Bertz CT molecular complexity index is 440. The van der Waals surface area contributed by atoms with Crippen molar-refractivity contribution in [3.63, 3.8) is 0 Å². The molecule has 78 valence electrons. The molecule has 0 fully saturated rings. The lowest BCUT2D eigenvalue weighted by atomic mass is 10.0. The number of carboxylic acid groups (broad SMARTS) is 1. The second-order valence-corrected chi connectivity index (χ2v) is 4.03. The summed E-state index contributed by atoms with van der Waals surface area (Å²) in [7, 11) is 0. The first-order valence-corrected chi connectivity index (χ1v) is 5.40. The monoisotopic (exact) mass is 287 g/mol. The Morgan fingerprint density at radius 1 is 1.60 bits per heavy atom. The van der Waals surface area contributed by atoms with Gasteiger partial charge in [-0.1, -0.05) is 15.9 Å². The molecule has 0 heterocycles. The summed E-state index contributed by atoms with van der Waals surface area (Å²) in [5, 5.41) is 17.4. The second-order valence-electron chi connectivity index (χ2n) is 2.91. The molecule has 0 bridgehead atoms. The van der Waals surface area contributed by atoms with E-state index in [0.29, 0.717) is 15.6 Å². The Balaban J connectivity index is 3.27. The van der Waals surface area contributed by atoms with Gasteiger partial charge in [0.15, 0.2) is 0 Å². The van der Waals surface area contributed by atoms with E-state index in [0.717, 1.165) is 5.56 Å². The van der Waals surface area contributed by atoms with E-state index in [2.05, 4.69) is 15.9 Å². The maximum atomic E-state index is 10.6. The third-order valence-corrected chi connectivity index (χ3v) is 2.87. The molecule has 0 saturated heterocycles. The summed E-state index contributed by atoms with van der Waals surface area (Å²) in [6.45, 7) is 0. The molecule has 0 unspecified atom stereocenters. The zero-order valence-electron chi connectivity index (χ0n) is 7.63. The molecule has 1 aromatic rings. The lowest BCUT2D eigenvalue weighted by Crippen LogP contribution is -2.04. The largest absolute Gasteiger partial charge is 0.481 e. The van der Waals surface area contributed by atoms with E-state index in [4.69, 9.17) is 22.0 Å². The van der Waals surface area contributed by atoms with E-state index in [9.17, 15) is 4.79 Å². The summed E-state index contributed by atoms with van der Waals surface area (Å²) < 4.78 is 0.674. The maximum Gasteiger partial charge on any atom is 0.307 e. The van der Waals surface area contributed by atoms with Crippen molar-refractivity contribution in [1.82, 2.24) is 0 Å². The van der Waals surface area contributed by atoms with Crippen LogP contribution in [-0.4, -0.2) is 11.1 Å². The molecule has 0 aliphatic heterocycles. The molecule has 15 heavy (non-hydrogen) atoms. The molecule has 1 rings (SSSR count). The molecular weight excluding hydrogens is 281 g/mol. The van der Waals surface area contributed by atoms with Crippen molar-refractivity contribution in [1.29, 1.82) is 5.26 Å². The predicted molar refractivity (Wildman–Crippen MR) is 59.8 cm³/mol. The van der Waals surface area contributed by atoms with Crippen molar-refractivity contribution in [2.24, 2.45) is 0 Å². The van der Waals surface area contributed by atoms with Crippen LogP contribution < -0.4 is 0 Å². The predicted octanol–water partition coefficient (Wildman–Crippen LogP) is 2.69. The molecule has 1 aromatic carbocycles. The fraction of sp³-hybridized carbons (Fsp3) is 0.200. The Hall–Kier alpha value is -1.05. The number of nitrogens with zero attached hydrogens (tertiary/aromatic N) is 1. The van der Waals surface area contributed by atoms with Gasteiger partial charge in [-0.15, -0.1) is 11.6 Å². The third-order valence-electron chi connectivity index (χ3n) is 1.89. The minimum absolute atomic E-state index is 0.129. The first kappa shape index (κ1) is 12.0. The fourth-order valence-corrected chi connectivity index (χ4v) is 2.35. The van der Waals surface area contributed by atoms with Gasteiger partial charge in [-0.25, -0.2) is 0 Å². The van der Waals surface area contributed by atoms with Gasteiger partial charge in [0.1, 0.15) is 0 Å². The number of alkyl halides is 1. The summed E-state index contributed by atoms with van der Waals surface area (Å²) in [6.07, 6.45) is -0.129. The summed E-state index contributed by atoms with van der Waals surface area (Å²) >= 11 is 8.97. The molecule has 3 nitrogen and oxygen atoms in total. The molecule has 0 aliphatic rings. The SMILES string of the molecule is N#Cc1cc(Br)c(CCl)c(CC(=O)O)c1. The Labute approximate surface area is 100 Å². The van der Waals surface area contributed by atoms with Crippen LogP contribution in [0.1, 0.15) is 16.7 Å². The van der Waals surface area contributed by atoms with Crippen molar-refractivity contribution in [2.45, 2.75) is 12.3 Å². The molecule has 1 N–H and O–H groups in total. The lowest BCUT2D eigenvalue weighted by molar-refractivity contribution is -0.136. The van der Waals surface area contributed by atoms with E-state index in [-0.39, 0.29) is 12.3 Å². The summed E-state index contributed by atoms with van der Waals surface area (Å²) in [5.74, 6) is -0.724. The molecule has 0 spiro atoms. The van der Waals surface area contributed by atoms with Crippen LogP contribution in [0, 0.1) is 11.3 Å². The first-order valence-electron chi connectivity index (χ1n) is 4.07. The molecule has 0 saturated carbocycles. The number of benzene rings is 1. The zero-order valence-corrected chi connectivity index (χ0v) is 9.97. The third kappa shape index (κ3) is 2.95. The van der Waals surface area contributed by atoms with Gasteiger partial charge in [-0.2, -0.15) is 5.26 Å². The number of aliphatic carboxylic acids is 1. The molecule has 0 aliphatic carbocycles. The highest BCUT2D eigenvalue weighted by atomic mass is 79.9. The van der Waals surface area contributed by atoms with Crippen LogP contribution in [0.3, 0.4) is 0 Å². The summed E-state index contributed by atoms with van der Waals surface area (Å²) in [4.78, 5) is 10.6. The van der Waals surface area contributed by atoms with Gasteiger partial charge < -0.3 is 5.11 Å². The number of carbonyl (C=O) groups is 1. The highest BCUT2D eigenvalue weighted by molar-refractivity contribution is 9.10. The van der Waals surface area contributed by atoms with Crippen molar-refractivity contribution < 1.29 is 9.90 Å². The number of carboxylic acids is 1. The van der Waals surface area contributed by atoms with Crippen molar-refractivity contribution in [3.05, 3.63) is 33.3 Å². The van der Waals surface area contributed by atoms with Gasteiger partial charge >= 0.3 is 5.97 Å². The van der Waals surface area contributed by atoms with Crippen molar-refractivity contribution >= 4 is 33.5 Å². The van der Waals surface area contributed by atoms with Crippen LogP contribution in [0.4, 0.5) is 0 Å². The normalized spacial score (nSPS) is 9.67. The Morgan fingerprint density at radius 2 is 2.27 bits per heavy atom. The summed E-state index contributed by atoms with van der Waals surface area (Å²) in [5.41, 5.74) is 1.72. The molecular formula is C10H7BrClNO2. The van der Waals surface area contributed by atoms with Gasteiger partial charge in [0.25, 0.3) is 0 Å². The number of rotatable bonds is 3. The van der Waals surface area contributed by atoms with Crippen molar-refractivity contribution in [2.75, 3.05) is 0 Å². The number of hydrogen-bond donors (Lipinski definition) is 1. The molecule has 0 aromatic heterocycles. The van der Waals surface area contributed by atoms with Crippen LogP contribution in [0.2, 0.25) is 0 Å². The highest BCUT2D eigenvalue weighted by Crippen LogP contribution is 2.25. The van der Waals surface area contributed by atoms with Gasteiger partial charge in [0, 0.05) is 10.4 Å². The van der Waals surface area contributed by atoms with E-state index >= 15 is 0 Å². The van der Waals surface area contributed by atoms with Gasteiger partial charge in [-0.05, 0) is 23.3 Å². The fourth-order valence-electron chi connectivity index (χ4n) is 1.23. The van der Waals surface area contributed by atoms with E-state index in [1.807, 2.05) is 6.07 Å². The lowest BCUT2D eigenvalue weighted by Gasteiger charge is -2.07. The van der Waals surface area contributed by atoms with Gasteiger partial charge in [-0.3, -0.25) is 4.79 Å². The topological polar surface area (TPSA) is 61.1 Å². The molecule has 0 amide bonds. The second kappa shape index (κ2) is 5.15. The summed E-state index contributed by atoms with van der Waals surface area (Å²) in [6, 6.07) is 5.15. The minimum atomic E-state index is -0.941. The molecule has 0 atom stereocenters. The van der Waals surface area contributed by atoms with Gasteiger partial charge in [0.2, 0.25) is 0 Å². The minimum Gasteiger partial charge on any atom is -0.481 e. The average molecular weight is 289 g/mol. The van der Waals surface area contributed by atoms with Crippen LogP contribution in [0.5, 0.6) is 0 Å². The van der Waals surface area contributed by atoms with Crippen LogP contribution in [0.15, 0.2) is 16.6 Å². The number of halogens is 2. The molecule has 5 heteroatoms. The number of nitriles is 1. The van der Waals surface area contributed by atoms with E-state index in [1.54, 1.807) is 12.1 Å². The van der Waals surface area contributed by atoms with Crippen LogP contribution in [0.25, 0.3) is 0 Å².